The smallest absolute Gasteiger partial charge is 0.407 e. The number of carboxylic acids is 1. The summed E-state index contributed by atoms with van der Waals surface area (Å²) in [5, 5.41) is 12.2. The number of benzene rings is 2. The number of aliphatic carboxylic acids is 1. The molecular formula is C24H27NO5. The normalized spacial score (nSPS) is 17.4. The van der Waals surface area contributed by atoms with Gasteiger partial charge in [-0.25, -0.2) is 9.59 Å². The first kappa shape index (κ1) is 20.4. The number of methoxy groups -OCH3 is 1. The highest BCUT2D eigenvalue weighted by Gasteiger charge is 2.41. The molecule has 0 heterocycles. The lowest BCUT2D eigenvalue weighted by Gasteiger charge is -2.42. The van der Waals surface area contributed by atoms with Crippen molar-refractivity contribution in [2.24, 2.45) is 5.41 Å². The molecule has 4 rings (SSSR count). The summed E-state index contributed by atoms with van der Waals surface area (Å²) in [7, 11) is 1.62. The number of hydrogen-bond acceptors (Lipinski definition) is 4. The molecule has 1 fully saturated rings. The molecule has 30 heavy (non-hydrogen) atoms. The van der Waals surface area contributed by atoms with Crippen molar-refractivity contribution in [3.05, 3.63) is 59.7 Å². The Labute approximate surface area is 176 Å². The Morgan fingerprint density at radius 1 is 1.10 bits per heavy atom. The van der Waals surface area contributed by atoms with Crippen LogP contribution in [0.15, 0.2) is 48.5 Å². The fourth-order valence-electron chi connectivity index (χ4n) is 4.81. The van der Waals surface area contributed by atoms with Gasteiger partial charge in [0.1, 0.15) is 12.6 Å². The number of carbonyl (C=O) groups excluding carboxylic acids is 1. The zero-order chi connectivity index (χ0) is 21.1. The summed E-state index contributed by atoms with van der Waals surface area (Å²) in [5.74, 6) is -1.11. The van der Waals surface area contributed by atoms with Gasteiger partial charge in [-0.1, -0.05) is 55.0 Å². The fraction of sp³-hybridized carbons (Fsp3) is 0.417. The van der Waals surface area contributed by atoms with Gasteiger partial charge < -0.3 is 19.9 Å². The van der Waals surface area contributed by atoms with Gasteiger partial charge >= 0.3 is 12.1 Å². The van der Waals surface area contributed by atoms with Crippen molar-refractivity contribution in [2.45, 2.75) is 37.6 Å². The molecule has 0 spiro atoms. The Bertz CT molecular complexity index is 891. The van der Waals surface area contributed by atoms with Gasteiger partial charge in [-0.2, -0.15) is 0 Å². The second kappa shape index (κ2) is 8.48. The lowest BCUT2D eigenvalue weighted by Crippen LogP contribution is -2.48. The van der Waals surface area contributed by atoms with Crippen LogP contribution in [0.3, 0.4) is 0 Å². The second-order valence-corrected chi connectivity index (χ2v) is 8.35. The highest BCUT2D eigenvalue weighted by molar-refractivity contribution is 5.81. The van der Waals surface area contributed by atoms with Crippen LogP contribution in [0.25, 0.3) is 11.1 Å². The van der Waals surface area contributed by atoms with Crippen molar-refractivity contribution < 1.29 is 24.2 Å². The van der Waals surface area contributed by atoms with Crippen molar-refractivity contribution in [3.8, 4) is 11.1 Å². The number of hydrogen-bond donors (Lipinski definition) is 2. The highest BCUT2D eigenvalue weighted by Crippen LogP contribution is 2.45. The van der Waals surface area contributed by atoms with E-state index in [1.165, 1.54) is 0 Å². The molecule has 0 saturated heterocycles. The number of alkyl carbamates (subject to hydrolysis) is 1. The van der Waals surface area contributed by atoms with Gasteiger partial charge in [-0.3, -0.25) is 0 Å². The average molecular weight is 409 g/mol. The quantitative estimate of drug-likeness (QED) is 0.683. The maximum absolute atomic E-state index is 12.5. The van der Waals surface area contributed by atoms with Crippen LogP contribution in [-0.2, 0) is 14.3 Å². The molecule has 158 valence electrons. The van der Waals surface area contributed by atoms with E-state index in [-0.39, 0.29) is 17.9 Å². The van der Waals surface area contributed by atoms with E-state index in [1.54, 1.807) is 7.11 Å². The van der Waals surface area contributed by atoms with Crippen LogP contribution >= 0.6 is 0 Å². The molecule has 1 amide bonds. The Kier molecular flexibility index (Phi) is 5.77. The third kappa shape index (κ3) is 3.92. The molecule has 0 aromatic heterocycles. The van der Waals surface area contributed by atoms with Crippen molar-refractivity contribution in [3.63, 3.8) is 0 Å². The Hall–Kier alpha value is -2.86. The van der Waals surface area contributed by atoms with Crippen LogP contribution in [0, 0.1) is 5.41 Å². The molecule has 0 radical (unpaired) electrons. The molecule has 2 aromatic carbocycles. The van der Waals surface area contributed by atoms with Gasteiger partial charge in [0.2, 0.25) is 0 Å². The van der Waals surface area contributed by atoms with Gasteiger partial charge in [-0.15, -0.1) is 0 Å². The largest absolute Gasteiger partial charge is 0.480 e. The lowest BCUT2D eigenvalue weighted by molar-refractivity contribution is -0.141. The first-order chi connectivity index (χ1) is 14.5. The zero-order valence-corrected chi connectivity index (χ0v) is 17.1. The Morgan fingerprint density at radius 2 is 1.70 bits per heavy atom. The van der Waals surface area contributed by atoms with Crippen LogP contribution < -0.4 is 5.32 Å². The molecule has 6 nitrogen and oxygen atoms in total. The summed E-state index contributed by atoms with van der Waals surface area (Å²) in [5.41, 5.74) is 4.37. The number of rotatable bonds is 8. The van der Waals surface area contributed by atoms with Crippen LogP contribution in [0.5, 0.6) is 0 Å². The number of amides is 1. The van der Waals surface area contributed by atoms with E-state index in [1.807, 2.05) is 36.4 Å². The maximum Gasteiger partial charge on any atom is 0.407 e. The summed E-state index contributed by atoms with van der Waals surface area (Å²) in [6, 6.07) is 15.2. The summed E-state index contributed by atoms with van der Waals surface area (Å²) in [6.45, 7) is 0.665. The topological polar surface area (TPSA) is 84.9 Å². The average Bonchev–Trinajstić information content (AvgIpc) is 3.04. The van der Waals surface area contributed by atoms with Crippen LogP contribution in [0.2, 0.25) is 0 Å². The predicted octanol–water partition coefficient (Wildman–Crippen LogP) is 4.19. The molecule has 0 bridgehead atoms. The van der Waals surface area contributed by atoms with Gasteiger partial charge in [-0.05, 0) is 46.9 Å². The van der Waals surface area contributed by atoms with Crippen LogP contribution in [0.4, 0.5) is 4.79 Å². The SMILES string of the molecule is COCC1(CC(NC(=O)OCC2c3ccccc3-c3ccccc32)C(=O)O)CCC1. The van der Waals surface area contributed by atoms with Crippen molar-refractivity contribution in [1.29, 1.82) is 0 Å². The molecule has 1 unspecified atom stereocenters. The fourth-order valence-corrected chi connectivity index (χ4v) is 4.81. The first-order valence-corrected chi connectivity index (χ1v) is 10.4. The van der Waals surface area contributed by atoms with E-state index in [9.17, 15) is 14.7 Å². The first-order valence-electron chi connectivity index (χ1n) is 10.4. The Balaban J connectivity index is 1.41. The van der Waals surface area contributed by atoms with Gasteiger partial charge in [0.25, 0.3) is 0 Å². The minimum absolute atomic E-state index is 0.0575. The van der Waals surface area contributed by atoms with Crippen molar-refractivity contribution >= 4 is 12.1 Å². The predicted molar refractivity (Wildman–Crippen MR) is 112 cm³/mol. The number of fused-ring (bicyclic) bond motifs is 3. The summed E-state index contributed by atoms with van der Waals surface area (Å²) in [4.78, 5) is 24.2. The number of nitrogens with one attached hydrogen (secondary N) is 1. The summed E-state index contributed by atoms with van der Waals surface area (Å²) >= 11 is 0. The molecular weight excluding hydrogens is 382 g/mol. The van der Waals surface area contributed by atoms with E-state index >= 15 is 0 Å². The maximum atomic E-state index is 12.5. The molecule has 2 aromatic rings. The lowest BCUT2D eigenvalue weighted by atomic mass is 9.66. The Morgan fingerprint density at radius 3 is 2.20 bits per heavy atom. The number of carboxylic acid groups (broad SMARTS) is 1. The molecule has 0 aliphatic heterocycles. The van der Waals surface area contributed by atoms with E-state index in [4.69, 9.17) is 9.47 Å². The third-order valence-corrected chi connectivity index (χ3v) is 6.44. The molecule has 1 atom stereocenters. The molecule has 2 N–H and O–H groups in total. The summed E-state index contributed by atoms with van der Waals surface area (Å²) < 4.78 is 10.8. The minimum atomic E-state index is -1.05. The standard InChI is InChI=1S/C24H27NO5/c1-29-15-24(11-6-12-24)13-21(22(26)27)25-23(28)30-14-20-18-9-4-2-7-16(18)17-8-3-5-10-19(17)20/h2-5,7-10,20-21H,6,11-15H2,1H3,(H,25,28)(H,26,27). The van der Waals surface area contributed by atoms with Crippen LogP contribution in [-0.4, -0.2) is 43.5 Å². The van der Waals surface area contributed by atoms with Crippen molar-refractivity contribution in [2.75, 3.05) is 20.3 Å². The van der Waals surface area contributed by atoms with E-state index in [2.05, 4.69) is 17.4 Å². The van der Waals surface area contributed by atoms with Gasteiger partial charge in [0.05, 0.1) is 6.61 Å². The monoisotopic (exact) mass is 409 g/mol. The number of carbonyl (C=O) groups is 2. The van der Waals surface area contributed by atoms with E-state index in [0.29, 0.717) is 13.0 Å². The van der Waals surface area contributed by atoms with E-state index in [0.717, 1.165) is 41.5 Å². The third-order valence-electron chi connectivity index (χ3n) is 6.44. The summed E-state index contributed by atoms with van der Waals surface area (Å²) in [6.07, 6.45) is 2.53. The number of ether oxygens (including phenoxy) is 2. The van der Waals surface area contributed by atoms with Gasteiger partial charge in [0, 0.05) is 13.0 Å². The van der Waals surface area contributed by atoms with E-state index < -0.39 is 18.1 Å². The zero-order valence-electron chi connectivity index (χ0n) is 17.1. The molecule has 6 heteroatoms. The van der Waals surface area contributed by atoms with Gasteiger partial charge in [0.15, 0.2) is 0 Å². The molecule has 1 saturated carbocycles. The van der Waals surface area contributed by atoms with Crippen molar-refractivity contribution in [1.82, 2.24) is 5.32 Å². The molecule has 2 aliphatic rings. The second-order valence-electron chi connectivity index (χ2n) is 8.35. The highest BCUT2D eigenvalue weighted by atomic mass is 16.5. The molecule has 2 aliphatic carbocycles. The van der Waals surface area contributed by atoms with Crippen LogP contribution in [0.1, 0.15) is 42.7 Å². The minimum Gasteiger partial charge on any atom is -0.480 e.